The van der Waals surface area contributed by atoms with Crippen molar-refractivity contribution in [2.45, 2.75) is 25.8 Å². The first-order valence-corrected chi connectivity index (χ1v) is 5.55. The van der Waals surface area contributed by atoms with Crippen LogP contribution in [-0.4, -0.2) is 29.7 Å². The van der Waals surface area contributed by atoms with Gasteiger partial charge in [-0.05, 0) is 11.1 Å². The molecule has 0 amide bonds. The van der Waals surface area contributed by atoms with E-state index < -0.39 is 0 Å². The zero-order valence-electron chi connectivity index (χ0n) is 9.53. The summed E-state index contributed by atoms with van der Waals surface area (Å²) in [7, 11) is 0. The average Bonchev–Trinajstić information content (AvgIpc) is 2.17. The summed E-state index contributed by atoms with van der Waals surface area (Å²) < 4.78 is 0. The lowest BCUT2D eigenvalue weighted by Crippen LogP contribution is -2.43. The maximum atomic E-state index is 9.00. The van der Waals surface area contributed by atoms with E-state index in [1.807, 2.05) is 0 Å². The first-order valence-electron chi connectivity index (χ1n) is 5.55. The van der Waals surface area contributed by atoms with Crippen LogP contribution in [-0.2, 0) is 12.0 Å². The molecule has 1 N–H and O–H groups in total. The Morgan fingerprint density at radius 2 is 2.07 bits per heavy atom. The summed E-state index contributed by atoms with van der Waals surface area (Å²) in [4.78, 5) is 2.32. The third-order valence-electron chi connectivity index (χ3n) is 3.18. The number of aliphatic hydroxyl groups excluding tert-OH is 1. The van der Waals surface area contributed by atoms with Crippen LogP contribution in [0.3, 0.4) is 0 Å². The number of β-amino-alcohol motifs (C(OH)–C–C–N with tert-alkyl or cyclic N) is 1. The molecule has 0 saturated carbocycles. The Balaban J connectivity index is 2.31. The van der Waals surface area contributed by atoms with Crippen LogP contribution in [0.15, 0.2) is 24.3 Å². The summed E-state index contributed by atoms with van der Waals surface area (Å²) in [5.41, 5.74) is 3.06. The Kier molecular flexibility index (Phi) is 2.81. The molecule has 1 aromatic carbocycles. The zero-order valence-corrected chi connectivity index (χ0v) is 9.53. The van der Waals surface area contributed by atoms with Crippen molar-refractivity contribution in [3.8, 4) is 0 Å². The molecular weight excluding hydrogens is 186 g/mol. The first kappa shape index (κ1) is 10.7. The van der Waals surface area contributed by atoms with Crippen LogP contribution in [0.25, 0.3) is 0 Å². The van der Waals surface area contributed by atoms with Crippen LogP contribution < -0.4 is 0 Å². The fourth-order valence-corrected chi connectivity index (χ4v) is 2.56. The van der Waals surface area contributed by atoms with Crippen molar-refractivity contribution in [1.29, 1.82) is 0 Å². The van der Waals surface area contributed by atoms with Gasteiger partial charge in [-0.15, -0.1) is 0 Å². The van der Waals surface area contributed by atoms with E-state index in [0.717, 1.165) is 19.6 Å². The highest BCUT2D eigenvalue weighted by molar-refractivity contribution is 5.35. The minimum Gasteiger partial charge on any atom is -0.395 e. The van der Waals surface area contributed by atoms with E-state index in [1.54, 1.807) is 0 Å². The predicted molar refractivity (Wildman–Crippen MR) is 61.8 cm³/mol. The largest absolute Gasteiger partial charge is 0.395 e. The van der Waals surface area contributed by atoms with E-state index in [4.69, 9.17) is 5.11 Å². The highest BCUT2D eigenvalue weighted by Crippen LogP contribution is 2.32. The van der Waals surface area contributed by atoms with Gasteiger partial charge in [-0.25, -0.2) is 0 Å². The van der Waals surface area contributed by atoms with E-state index in [1.165, 1.54) is 11.1 Å². The van der Waals surface area contributed by atoms with E-state index in [9.17, 15) is 0 Å². The summed E-state index contributed by atoms with van der Waals surface area (Å²) in [6.07, 6.45) is 0. The monoisotopic (exact) mass is 205 g/mol. The molecule has 0 spiro atoms. The Morgan fingerprint density at radius 3 is 2.80 bits per heavy atom. The second-order valence-electron chi connectivity index (χ2n) is 4.98. The molecule has 2 rings (SSSR count). The van der Waals surface area contributed by atoms with Gasteiger partial charge in [0.1, 0.15) is 0 Å². The SMILES string of the molecule is CC1(C)CN(CCO)Cc2ccccc21. The van der Waals surface area contributed by atoms with Crippen LogP contribution >= 0.6 is 0 Å². The smallest absolute Gasteiger partial charge is 0.0558 e. The van der Waals surface area contributed by atoms with Gasteiger partial charge in [-0.1, -0.05) is 38.1 Å². The second kappa shape index (κ2) is 3.95. The lowest BCUT2D eigenvalue weighted by atomic mass is 9.78. The molecule has 0 aromatic heterocycles. The van der Waals surface area contributed by atoms with Crippen molar-refractivity contribution < 1.29 is 5.11 Å². The van der Waals surface area contributed by atoms with Gasteiger partial charge < -0.3 is 5.11 Å². The molecule has 0 radical (unpaired) electrons. The molecule has 1 aliphatic heterocycles. The van der Waals surface area contributed by atoms with Gasteiger partial charge in [-0.2, -0.15) is 0 Å². The molecular formula is C13H19NO. The third kappa shape index (κ3) is 2.06. The lowest BCUT2D eigenvalue weighted by molar-refractivity contribution is 0.151. The van der Waals surface area contributed by atoms with Crippen LogP contribution in [0.4, 0.5) is 0 Å². The van der Waals surface area contributed by atoms with Crippen molar-refractivity contribution in [3.05, 3.63) is 35.4 Å². The van der Waals surface area contributed by atoms with Gasteiger partial charge in [0.05, 0.1) is 6.61 Å². The lowest BCUT2D eigenvalue weighted by Gasteiger charge is -2.39. The van der Waals surface area contributed by atoms with Crippen LogP contribution in [0.2, 0.25) is 0 Å². The Bertz CT molecular complexity index is 346. The summed E-state index contributed by atoms with van der Waals surface area (Å²) in [5.74, 6) is 0. The zero-order chi connectivity index (χ0) is 10.9. The van der Waals surface area contributed by atoms with E-state index in [-0.39, 0.29) is 12.0 Å². The minimum absolute atomic E-state index is 0.198. The van der Waals surface area contributed by atoms with Gasteiger partial charge in [-0.3, -0.25) is 4.90 Å². The van der Waals surface area contributed by atoms with Crippen molar-refractivity contribution in [2.75, 3.05) is 19.7 Å². The third-order valence-corrected chi connectivity index (χ3v) is 3.18. The van der Waals surface area contributed by atoms with E-state index in [0.29, 0.717) is 0 Å². The molecule has 0 fully saturated rings. The standard InChI is InChI=1S/C13H19NO/c1-13(2)10-14(7-8-15)9-11-5-3-4-6-12(11)13/h3-6,15H,7-10H2,1-2H3. The second-order valence-corrected chi connectivity index (χ2v) is 4.98. The molecule has 0 bridgehead atoms. The molecule has 0 aliphatic carbocycles. The molecule has 2 nitrogen and oxygen atoms in total. The van der Waals surface area contributed by atoms with Crippen LogP contribution in [0, 0.1) is 0 Å². The normalized spacial score (nSPS) is 19.9. The number of fused-ring (bicyclic) bond motifs is 1. The maximum Gasteiger partial charge on any atom is 0.0558 e. The summed E-state index contributed by atoms with van der Waals surface area (Å²) in [6, 6.07) is 8.63. The molecule has 15 heavy (non-hydrogen) atoms. The van der Waals surface area contributed by atoms with Crippen LogP contribution in [0.5, 0.6) is 0 Å². The van der Waals surface area contributed by atoms with Gasteiger partial charge >= 0.3 is 0 Å². The topological polar surface area (TPSA) is 23.5 Å². The Hall–Kier alpha value is -0.860. The van der Waals surface area contributed by atoms with Crippen molar-refractivity contribution in [2.24, 2.45) is 0 Å². The molecule has 0 atom stereocenters. The number of hydrogen-bond acceptors (Lipinski definition) is 2. The predicted octanol–water partition coefficient (Wildman–Crippen LogP) is 1.77. The van der Waals surface area contributed by atoms with Gasteiger partial charge in [0, 0.05) is 25.0 Å². The van der Waals surface area contributed by atoms with Crippen molar-refractivity contribution >= 4 is 0 Å². The summed E-state index contributed by atoms with van der Waals surface area (Å²) in [5, 5.41) is 9.00. The van der Waals surface area contributed by atoms with Gasteiger partial charge in [0.2, 0.25) is 0 Å². The first-order chi connectivity index (χ1) is 7.13. The molecule has 1 aliphatic rings. The highest BCUT2D eigenvalue weighted by Gasteiger charge is 2.30. The minimum atomic E-state index is 0.198. The van der Waals surface area contributed by atoms with Gasteiger partial charge in [0.25, 0.3) is 0 Å². The van der Waals surface area contributed by atoms with Gasteiger partial charge in [0.15, 0.2) is 0 Å². The number of hydrogen-bond donors (Lipinski definition) is 1. The molecule has 1 heterocycles. The molecule has 0 saturated heterocycles. The number of aliphatic hydroxyl groups is 1. The number of nitrogens with zero attached hydrogens (tertiary/aromatic N) is 1. The van der Waals surface area contributed by atoms with Crippen molar-refractivity contribution in [1.82, 2.24) is 4.90 Å². The Morgan fingerprint density at radius 1 is 1.33 bits per heavy atom. The Labute approximate surface area is 91.5 Å². The maximum absolute atomic E-state index is 9.00. The summed E-state index contributed by atoms with van der Waals surface area (Å²) in [6.45, 7) is 7.57. The molecule has 1 aromatic rings. The fourth-order valence-electron chi connectivity index (χ4n) is 2.56. The summed E-state index contributed by atoms with van der Waals surface area (Å²) >= 11 is 0. The quantitative estimate of drug-likeness (QED) is 0.795. The number of rotatable bonds is 2. The van der Waals surface area contributed by atoms with Crippen molar-refractivity contribution in [3.63, 3.8) is 0 Å². The molecule has 2 heteroatoms. The van der Waals surface area contributed by atoms with E-state index >= 15 is 0 Å². The fraction of sp³-hybridized carbons (Fsp3) is 0.538. The molecule has 82 valence electrons. The average molecular weight is 205 g/mol. The van der Waals surface area contributed by atoms with Crippen LogP contribution in [0.1, 0.15) is 25.0 Å². The highest BCUT2D eigenvalue weighted by atomic mass is 16.3. The number of benzene rings is 1. The van der Waals surface area contributed by atoms with E-state index in [2.05, 4.69) is 43.0 Å². The molecule has 0 unspecified atom stereocenters.